The molecule has 0 aliphatic carbocycles. The summed E-state index contributed by atoms with van der Waals surface area (Å²) in [4.78, 5) is 19.6. The molecule has 5 aromatic carbocycles. The van der Waals surface area contributed by atoms with E-state index < -0.39 is 0 Å². The molecule has 8 aromatic rings. The SMILES string of the molecule is c1ccc(-c2nc(-c3ccccc3)nc(-c3ccc4c(c3)sc3ccc5nc(-c6ccccc6)sc5c34)n2)cc1. The highest BCUT2D eigenvalue weighted by atomic mass is 32.1. The Bertz CT molecular complexity index is 2090. The monoisotopic (exact) mass is 548 g/mol. The zero-order valence-corrected chi connectivity index (χ0v) is 22.8. The highest BCUT2D eigenvalue weighted by Crippen LogP contribution is 2.43. The molecule has 0 radical (unpaired) electrons. The summed E-state index contributed by atoms with van der Waals surface area (Å²) in [5.74, 6) is 2.00. The second-order valence-electron chi connectivity index (χ2n) is 9.52. The van der Waals surface area contributed by atoms with Crippen LogP contribution in [-0.2, 0) is 0 Å². The third kappa shape index (κ3) is 3.97. The molecule has 0 aliphatic rings. The number of hydrogen-bond donors (Lipinski definition) is 0. The van der Waals surface area contributed by atoms with Crippen LogP contribution in [0.15, 0.2) is 121 Å². The molecule has 40 heavy (non-hydrogen) atoms. The van der Waals surface area contributed by atoms with E-state index in [1.54, 1.807) is 22.7 Å². The van der Waals surface area contributed by atoms with Crippen molar-refractivity contribution >= 4 is 53.1 Å². The van der Waals surface area contributed by atoms with Crippen molar-refractivity contribution in [2.45, 2.75) is 0 Å². The van der Waals surface area contributed by atoms with E-state index in [-0.39, 0.29) is 0 Å². The number of hydrogen-bond acceptors (Lipinski definition) is 6. The lowest BCUT2D eigenvalue weighted by atomic mass is 10.1. The largest absolute Gasteiger partial charge is 0.236 e. The minimum Gasteiger partial charge on any atom is -0.236 e. The van der Waals surface area contributed by atoms with Gasteiger partial charge in [0.25, 0.3) is 0 Å². The van der Waals surface area contributed by atoms with E-state index in [9.17, 15) is 0 Å². The van der Waals surface area contributed by atoms with Crippen LogP contribution in [0.1, 0.15) is 0 Å². The molecule has 3 heterocycles. The Kier molecular flexibility index (Phi) is 5.47. The van der Waals surface area contributed by atoms with Gasteiger partial charge in [0.1, 0.15) is 5.01 Å². The van der Waals surface area contributed by atoms with Gasteiger partial charge in [-0.1, -0.05) is 103 Å². The number of thiophene rings is 1. The van der Waals surface area contributed by atoms with Crippen molar-refractivity contribution in [3.05, 3.63) is 121 Å². The molecule has 0 N–H and O–H groups in total. The average molecular weight is 549 g/mol. The molecule has 0 saturated carbocycles. The minimum atomic E-state index is 0.667. The number of thiazole rings is 1. The molecule has 188 valence electrons. The zero-order valence-electron chi connectivity index (χ0n) is 21.2. The van der Waals surface area contributed by atoms with Crippen molar-refractivity contribution < 1.29 is 0 Å². The molecule has 4 nitrogen and oxygen atoms in total. The Morgan fingerprint density at radius 1 is 0.425 bits per heavy atom. The van der Waals surface area contributed by atoms with Crippen molar-refractivity contribution in [3.8, 4) is 44.7 Å². The number of fused-ring (bicyclic) bond motifs is 5. The van der Waals surface area contributed by atoms with Gasteiger partial charge in [-0.15, -0.1) is 22.7 Å². The van der Waals surface area contributed by atoms with Gasteiger partial charge < -0.3 is 0 Å². The lowest BCUT2D eigenvalue weighted by Crippen LogP contribution is -1.99. The van der Waals surface area contributed by atoms with Crippen molar-refractivity contribution in [1.82, 2.24) is 19.9 Å². The van der Waals surface area contributed by atoms with Crippen molar-refractivity contribution in [2.75, 3.05) is 0 Å². The fraction of sp³-hybridized carbons (Fsp3) is 0. The third-order valence-corrected chi connectivity index (χ3v) is 9.22. The molecule has 0 unspecified atom stereocenters. The lowest BCUT2D eigenvalue weighted by molar-refractivity contribution is 1.07. The highest BCUT2D eigenvalue weighted by molar-refractivity contribution is 7.28. The summed E-state index contributed by atoms with van der Waals surface area (Å²) in [5.41, 5.74) is 5.09. The van der Waals surface area contributed by atoms with E-state index in [1.807, 2.05) is 66.7 Å². The highest BCUT2D eigenvalue weighted by Gasteiger charge is 2.16. The van der Waals surface area contributed by atoms with Gasteiger partial charge in [0.05, 0.1) is 10.2 Å². The number of nitrogens with zero attached hydrogens (tertiary/aromatic N) is 4. The normalized spacial score (nSPS) is 11.5. The predicted octanol–water partition coefficient (Wildman–Crippen LogP) is 9.52. The van der Waals surface area contributed by atoms with Gasteiger partial charge in [-0.05, 0) is 18.2 Å². The van der Waals surface area contributed by atoms with Crippen molar-refractivity contribution in [2.24, 2.45) is 0 Å². The van der Waals surface area contributed by atoms with E-state index in [0.717, 1.165) is 32.8 Å². The van der Waals surface area contributed by atoms with Crippen LogP contribution in [0, 0.1) is 0 Å². The Balaban J connectivity index is 1.30. The number of rotatable bonds is 4. The first-order chi connectivity index (χ1) is 19.8. The molecular weight excluding hydrogens is 529 g/mol. The van der Waals surface area contributed by atoms with Gasteiger partial charge in [-0.25, -0.2) is 19.9 Å². The van der Waals surface area contributed by atoms with E-state index in [4.69, 9.17) is 19.9 Å². The summed E-state index contributed by atoms with van der Waals surface area (Å²) in [7, 11) is 0. The van der Waals surface area contributed by atoms with E-state index >= 15 is 0 Å². The third-order valence-electron chi connectivity index (χ3n) is 6.97. The summed E-state index contributed by atoms with van der Waals surface area (Å²) < 4.78 is 3.69. The maximum absolute atomic E-state index is 4.96. The predicted molar refractivity (Wildman–Crippen MR) is 168 cm³/mol. The standard InChI is InChI=1S/C34H20N4S2/c1-4-10-21(11-5-1)31-36-32(22-12-6-2-7-13-22)38-33(37-31)24-16-17-25-28(20-24)39-27-19-18-26-30(29(25)27)40-34(35-26)23-14-8-3-9-15-23/h1-20H. The van der Waals surface area contributed by atoms with Gasteiger partial charge in [0.2, 0.25) is 0 Å². The van der Waals surface area contributed by atoms with Gasteiger partial charge in [-0.2, -0.15) is 0 Å². The smallest absolute Gasteiger partial charge is 0.164 e. The fourth-order valence-corrected chi connectivity index (χ4v) is 7.38. The van der Waals surface area contributed by atoms with Crippen molar-refractivity contribution in [1.29, 1.82) is 0 Å². The van der Waals surface area contributed by atoms with E-state index in [0.29, 0.717) is 17.5 Å². The molecule has 0 saturated heterocycles. The van der Waals surface area contributed by atoms with Crippen LogP contribution >= 0.6 is 22.7 Å². The van der Waals surface area contributed by atoms with Gasteiger partial charge in [-0.3, -0.25) is 0 Å². The molecule has 0 fully saturated rings. The first kappa shape index (κ1) is 23.1. The van der Waals surface area contributed by atoms with Crippen LogP contribution < -0.4 is 0 Å². The van der Waals surface area contributed by atoms with Crippen LogP contribution in [0.2, 0.25) is 0 Å². The molecular formula is C34H20N4S2. The van der Waals surface area contributed by atoms with Crippen LogP contribution in [0.4, 0.5) is 0 Å². The zero-order chi connectivity index (χ0) is 26.5. The van der Waals surface area contributed by atoms with Crippen LogP contribution in [0.5, 0.6) is 0 Å². The Labute approximate surface area is 238 Å². The first-order valence-corrected chi connectivity index (χ1v) is 14.6. The topological polar surface area (TPSA) is 51.6 Å². The van der Waals surface area contributed by atoms with Gasteiger partial charge in [0.15, 0.2) is 17.5 Å². The Morgan fingerprint density at radius 2 is 1.00 bits per heavy atom. The Morgan fingerprint density at radius 3 is 1.62 bits per heavy atom. The summed E-state index contributed by atoms with van der Waals surface area (Å²) >= 11 is 3.56. The fourth-order valence-electron chi connectivity index (χ4n) is 5.03. The van der Waals surface area contributed by atoms with Crippen LogP contribution in [-0.4, -0.2) is 19.9 Å². The molecule has 3 aromatic heterocycles. The second kappa shape index (κ2) is 9.45. The molecule has 0 amide bonds. The van der Waals surface area contributed by atoms with Crippen LogP contribution in [0.3, 0.4) is 0 Å². The molecule has 6 heteroatoms. The second-order valence-corrected chi connectivity index (χ2v) is 11.6. The molecule has 8 rings (SSSR count). The lowest BCUT2D eigenvalue weighted by Gasteiger charge is -2.08. The van der Waals surface area contributed by atoms with Crippen molar-refractivity contribution in [3.63, 3.8) is 0 Å². The van der Waals surface area contributed by atoms with Gasteiger partial charge in [0, 0.05) is 42.4 Å². The van der Waals surface area contributed by atoms with E-state index in [1.165, 1.54) is 24.9 Å². The summed E-state index contributed by atoms with van der Waals surface area (Å²) in [6, 6.07) is 41.5. The average Bonchev–Trinajstić information content (AvgIpc) is 3.63. The summed E-state index contributed by atoms with van der Waals surface area (Å²) in [6.45, 7) is 0. The number of aromatic nitrogens is 4. The maximum atomic E-state index is 4.96. The number of benzene rings is 5. The molecule has 0 spiro atoms. The molecule has 0 aliphatic heterocycles. The minimum absolute atomic E-state index is 0.667. The summed E-state index contributed by atoms with van der Waals surface area (Å²) in [6.07, 6.45) is 0. The Hall–Kier alpha value is -4.78. The first-order valence-electron chi connectivity index (χ1n) is 13.0. The molecule has 0 bridgehead atoms. The van der Waals surface area contributed by atoms with E-state index in [2.05, 4.69) is 54.6 Å². The molecule has 0 atom stereocenters. The van der Waals surface area contributed by atoms with Gasteiger partial charge >= 0.3 is 0 Å². The quantitative estimate of drug-likeness (QED) is 0.220. The maximum Gasteiger partial charge on any atom is 0.164 e. The summed E-state index contributed by atoms with van der Waals surface area (Å²) in [5, 5.41) is 3.55. The van der Waals surface area contributed by atoms with Crippen LogP contribution in [0.25, 0.3) is 75.1 Å².